The third kappa shape index (κ3) is 4.72. The van der Waals surface area contributed by atoms with E-state index >= 15 is 0 Å². The van der Waals surface area contributed by atoms with Gasteiger partial charge in [-0.3, -0.25) is 4.79 Å². The first-order valence-corrected chi connectivity index (χ1v) is 7.45. The topological polar surface area (TPSA) is 80.0 Å². The monoisotopic (exact) mass is 282 g/mol. The van der Waals surface area contributed by atoms with Gasteiger partial charge in [0.05, 0.1) is 0 Å². The predicted molar refractivity (Wildman–Crippen MR) is 81.4 cm³/mol. The number of carbonyl (C=O) groups is 1. The maximum Gasteiger partial charge on any atom is 0.251 e. The second-order valence-electron chi connectivity index (χ2n) is 4.88. The lowest BCUT2D eigenvalue weighted by atomic mass is 10.1. The highest BCUT2D eigenvalue weighted by molar-refractivity contribution is 7.99. The number of carbonyl (C=O) groups excluding carboxylic acids is 1. The van der Waals surface area contributed by atoms with Crippen LogP contribution in [0.3, 0.4) is 0 Å². The summed E-state index contributed by atoms with van der Waals surface area (Å²) in [7, 11) is 0. The molecular weight excluding hydrogens is 260 g/mol. The van der Waals surface area contributed by atoms with E-state index in [2.05, 4.69) is 29.6 Å². The molecule has 0 aliphatic rings. The second-order valence-corrected chi connectivity index (χ2v) is 6.39. The van der Waals surface area contributed by atoms with Crippen molar-refractivity contribution in [1.82, 2.24) is 10.3 Å². The fourth-order valence-corrected chi connectivity index (χ4v) is 1.66. The van der Waals surface area contributed by atoms with Crippen molar-refractivity contribution in [2.24, 2.45) is 5.84 Å². The van der Waals surface area contributed by atoms with Crippen LogP contribution in [0.25, 0.3) is 0 Å². The molecule has 5 nitrogen and oxygen atoms in total. The van der Waals surface area contributed by atoms with Gasteiger partial charge in [0.25, 0.3) is 5.91 Å². The van der Waals surface area contributed by atoms with E-state index in [9.17, 15) is 4.79 Å². The summed E-state index contributed by atoms with van der Waals surface area (Å²) < 4.78 is 0.0191. The molecule has 0 aliphatic carbocycles. The largest absolute Gasteiger partial charge is 0.351 e. The summed E-state index contributed by atoms with van der Waals surface area (Å²) in [5, 5.41) is 2.94. The number of aromatic nitrogens is 1. The van der Waals surface area contributed by atoms with E-state index in [-0.39, 0.29) is 10.7 Å². The van der Waals surface area contributed by atoms with E-state index in [0.29, 0.717) is 17.9 Å². The summed E-state index contributed by atoms with van der Waals surface area (Å²) >= 11 is 1.72. The van der Waals surface area contributed by atoms with Crippen molar-refractivity contribution in [2.45, 2.75) is 31.9 Å². The van der Waals surface area contributed by atoms with Crippen LogP contribution in [-0.2, 0) is 6.42 Å². The van der Waals surface area contributed by atoms with E-state index in [1.54, 1.807) is 23.9 Å². The average Bonchev–Trinajstić information content (AvgIpc) is 2.44. The van der Waals surface area contributed by atoms with E-state index in [0.717, 1.165) is 12.1 Å². The predicted octanol–water partition coefficient (Wildman–Crippen LogP) is 1.80. The number of pyridine rings is 1. The summed E-state index contributed by atoms with van der Waals surface area (Å²) in [5.74, 6) is 5.77. The van der Waals surface area contributed by atoms with Crippen molar-refractivity contribution in [3.05, 3.63) is 23.4 Å². The van der Waals surface area contributed by atoms with Gasteiger partial charge in [-0.25, -0.2) is 10.8 Å². The van der Waals surface area contributed by atoms with Crippen LogP contribution in [0.15, 0.2) is 12.1 Å². The molecule has 0 fully saturated rings. The summed E-state index contributed by atoms with van der Waals surface area (Å²) in [4.78, 5) is 16.4. The van der Waals surface area contributed by atoms with Crippen LogP contribution in [0.4, 0.5) is 5.82 Å². The molecule has 0 radical (unpaired) electrons. The van der Waals surface area contributed by atoms with E-state index in [1.807, 2.05) is 13.2 Å². The number of hydrogen-bond donors (Lipinski definition) is 3. The first-order valence-electron chi connectivity index (χ1n) is 6.22. The maximum absolute atomic E-state index is 12.1. The van der Waals surface area contributed by atoms with Crippen LogP contribution in [0.5, 0.6) is 0 Å². The molecular formula is C13H22N4OS. The lowest BCUT2D eigenvalue weighted by Gasteiger charge is -2.22. The fraction of sp³-hybridized carbons (Fsp3) is 0.538. The molecule has 0 saturated heterocycles. The molecule has 0 atom stereocenters. The first-order chi connectivity index (χ1) is 8.91. The number of hydrogen-bond acceptors (Lipinski definition) is 5. The van der Waals surface area contributed by atoms with Crippen LogP contribution in [0, 0.1) is 0 Å². The molecule has 106 valence electrons. The summed E-state index contributed by atoms with van der Waals surface area (Å²) in [6, 6.07) is 3.45. The molecule has 0 aliphatic heterocycles. The van der Waals surface area contributed by atoms with Crippen LogP contribution in [0.1, 0.15) is 36.8 Å². The van der Waals surface area contributed by atoms with Crippen molar-refractivity contribution in [3.8, 4) is 0 Å². The molecule has 1 heterocycles. The summed E-state index contributed by atoms with van der Waals surface area (Å²) in [5.41, 5.74) is 3.90. The third-order valence-corrected chi connectivity index (χ3v) is 4.13. The third-order valence-electron chi connectivity index (χ3n) is 2.88. The number of nitrogens with two attached hydrogens (primary N) is 1. The van der Waals surface area contributed by atoms with Gasteiger partial charge in [0, 0.05) is 22.5 Å². The molecule has 19 heavy (non-hydrogen) atoms. The summed E-state index contributed by atoms with van der Waals surface area (Å²) in [6.45, 7) is 6.78. The number of hydrazine groups is 1. The van der Waals surface area contributed by atoms with Gasteiger partial charge in [0.1, 0.15) is 5.82 Å². The SMILES string of the molecule is CCc1cc(C(=O)NCC(C)(C)SC)cc(NN)n1. The number of nitrogen functional groups attached to an aromatic ring is 1. The van der Waals surface area contributed by atoms with Crippen LogP contribution in [-0.4, -0.2) is 28.4 Å². The van der Waals surface area contributed by atoms with Gasteiger partial charge in [0.2, 0.25) is 0 Å². The smallest absolute Gasteiger partial charge is 0.251 e. The maximum atomic E-state index is 12.1. The molecule has 0 unspecified atom stereocenters. The lowest BCUT2D eigenvalue weighted by Crippen LogP contribution is -2.36. The van der Waals surface area contributed by atoms with Crippen molar-refractivity contribution < 1.29 is 4.79 Å². The van der Waals surface area contributed by atoms with Crippen molar-refractivity contribution in [1.29, 1.82) is 0 Å². The highest BCUT2D eigenvalue weighted by Gasteiger charge is 2.18. The van der Waals surface area contributed by atoms with Gasteiger partial charge >= 0.3 is 0 Å². The van der Waals surface area contributed by atoms with Crippen molar-refractivity contribution in [2.75, 3.05) is 18.2 Å². The Kier molecular flexibility index (Phi) is 5.62. The molecule has 1 amide bonds. The zero-order chi connectivity index (χ0) is 14.5. The fourth-order valence-electron chi connectivity index (χ4n) is 1.44. The lowest BCUT2D eigenvalue weighted by molar-refractivity contribution is 0.0950. The number of aryl methyl sites for hydroxylation is 1. The van der Waals surface area contributed by atoms with Gasteiger partial charge in [0.15, 0.2) is 0 Å². The van der Waals surface area contributed by atoms with Gasteiger partial charge < -0.3 is 10.7 Å². The quantitative estimate of drug-likeness (QED) is 0.547. The number of anilines is 1. The Morgan fingerprint density at radius 1 is 1.47 bits per heavy atom. The standard InChI is InChI=1S/C13H22N4OS/c1-5-10-6-9(7-11(16-10)17-14)12(18)15-8-13(2,3)19-4/h6-7H,5,8,14H2,1-4H3,(H,15,18)(H,16,17). The molecule has 6 heteroatoms. The Morgan fingerprint density at radius 3 is 2.68 bits per heavy atom. The normalized spacial score (nSPS) is 11.2. The Balaban J connectivity index is 2.81. The molecule has 1 rings (SSSR count). The minimum Gasteiger partial charge on any atom is -0.351 e. The number of rotatable bonds is 6. The van der Waals surface area contributed by atoms with Gasteiger partial charge in [-0.15, -0.1) is 0 Å². The first kappa shape index (κ1) is 15.8. The molecule has 4 N–H and O–H groups in total. The number of nitrogens with zero attached hydrogens (tertiary/aromatic N) is 1. The van der Waals surface area contributed by atoms with Crippen LogP contribution < -0.4 is 16.6 Å². The highest BCUT2D eigenvalue weighted by Crippen LogP contribution is 2.20. The van der Waals surface area contributed by atoms with Crippen LogP contribution >= 0.6 is 11.8 Å². The molecule has 1 aromatic heterocycles. The number of thioether (sulfide) groups is 1. The Morgan fingerprint density at radius 2 is 2.16 bits per heavy atom. The zero-order valence-corrected chi connectivity index (χ0v) is 12.7. The molecule has 0 aromatic carbocycles. The Bertz CT molecular complexity index is 426. The Hall–Kier alpha value is -1.27. The zero-order valence-electron chi connectivity index (χ0n) is 11.9. The van der Waals surface area contributed by atoms with E-state index in [4.69, 9.17) is 5.84 Å². The number of amides is 1. The van der Waals surface area contributed by atoms with E-state index in [1.165, 1.54) is 0 Å². The van der Waals surface area contributed by atoms with Gasteiger partial charge in [-0.2, -0.15) is 11.8 Å². The molecule has 0 saturated carbocycles. The molecule has 1 aromatic rings. The second kappa shape index (κ2) is 6.77. The number of nitrogens with one attached hydrogen (secondary N) is 2. The van der Waals surface area contributed by atoms with Crippen molar-refractivity contribution in [3.63, 3.8) is 0 Å². The van der Waals surface area contributed by atoms with Crippen LogP contribution in [0.2, 0.25) is 0 Å². The minimum atomic E-state index is -0.101. The molecule has 0 spiro atoms. The van der Waals surface area contributed by atoms with E-state index < -0.39 is 0 Å². The van der Waals surface area contributed by atoms with Crippen molar-refractivity contribution >= 4 is 23.5 Å². The minimum absolute atomic E-state index is 0.0191. The van der Waals surface area contributed by atoms with Gasteiger partial charge in [-0.1, -0.05) is 6.92 Å². The molecule has 0 bridgehead atoms. The summed E-state index contributed by atoms with van der Waals surface area (Å²) in [6.07, 6.45) is 2.79. The highest BCUT2D eigenvalue weighted by atomic mass is 32.2. The average molecular weight is 282 g/mol. The Labute approximate surface area is 118 Å². The van der Waals surface area contributed by atoms with Gasteiger partial charge in [-0.05, 0) is 38.7 Å².